The van der Waals surface area contributed by atoms with E-state index in [9.17, 15) is 0 Å². The van der Waals surface area contributed by atoms with Crippen LogP contribution in [0.2, 0.25) is 0 Å². The third kappa shape index (κ3) is 2.92. The maximum Gasteiger partial charge on any atom is 0.0593 e. The monoisotopic (exact) mass is 178 g/mol. The Hall–Kier alpha value is 0.790. The normalized spacial score (nSPS) is 19.2. The van der Waals surface area contributed by atoms with Gasteiger partial charge in [-0.25, -0.2) is 0 Å². The van der Waals surface area contributed by atoms with Gasteiger partial charge >= 0.3 is 0 Å². The Morgan fingerprint density at radius 1 is 1.44 bits per heavy atom. The van der Waals surface area contributed by atoms with E-state index >= 15 is 0 Å². The average molecular weight is 178 g/mol. The predicted molar refractivity (Wildman–Crippen MR) is 51.1 cm³/mol. The molecule has 0 fully saturated rings. The Bertz CT molecular complexity index is 92.5. The van der Waals surface area contributed by atoms with Crippen LogP contribution in [0.3, 0.4) is 0 Å². The number of hydrogen-bond acceptors (Lipinski definition) is 3. The summed E-state index contributed by atoms with van der Waals surface area (Å²) in [5.41, 5.74) is 0. The van der Waals surface area contributed by atoms with Crippen molar-refractivity contribution >= 4 is 35.3 Å². The van der Waals surface area contributed by atoms with E-state index in [2.05, 4.69) is 17.1 Å². The lowest BCUT2D eigenvalue weighted by molar-refractivity contribution is 1.08. The molecule has 0 radical (unpaired) electrons. The molecule has 0 aromatic heterocycles. The summed E-state index contributed by atoms with van der Waals surface area (Å²) in [7, 11) is 0. The van der Waals surface area contributed by atoms with Gasteiger partial charge in [0.05, 0.1) is 4.58 Å². The van der Waals surface area contributed by atoms with E-state index in [1.165, 1.54) is 12.2 Å². The molecule has 0 saturated carbocycles. The molecule has 9 heavy (non-hydrogen) atoms. The van der Waals surface area contributed by atoms with Gasteiger partial charge in [0, 0.05) is 0 Å². The molecule has 0 bridgehead atoms. The quantitative estimate of drug-likeness (QED) is 0.652. The van der Waals surface area contributed by atoms with Gasteiger partial charge in [-0.2, -0.15) is 11.8 Å². The summed E-state index contributed by atoms with van der Waals surface area (Å²) < 4.78 is 0.817. The first kappa shape index (κ1) is 7.89. The number of rotatable bonds is 3. The zero-order chi connectivity index (χ0) is 6.53. The van der Waals surface area contributed by atoms with Gasteiger partial charge in [0.2, 0.25) is 0 Å². The van der Waals surface area contributed by atoms with Gasteiger partial charge in [-0.3, -0.25) is 0 Å². The molecular formula is C6H10S3. The zero-order valence-electron chi connectivity index (χ0n) is 5.37. The lowest BCUT2D eigenvalue weighted by atomic mass is 10.6. The topological polar surface area (TPSA) is 0 Å². The van der Waals surface area contributed by atoms with Gasteiger partial charge in [-0.15, -0.1) is 23.5 Å². The molecule has 1 aliphatic heterocycles. The van der Waals surface area contributed by atoms with Crippen LogP contribution >= 0.6 is 35.3 Å². The van der Waals surface area contributed by atoms with Crippen LogP contribution < -0.4 is 0 Å². The largest absolute Gasteiger partial charge is 0.165 e. The molecule has 0 nitrogen and oxygen atoms in total. The highest BCUT2D eigenvalue weighted by Crippen LogP contribution is 2.35. The van der Waals surface area contributed by atoms with Gasteiger partial charge in [-0.05, 0) is 29.2 Å². The Balaban J connectivity index is 2.01. The van der Waals surface area contributed by atoms with Crippen LogP contribution in [0.15, 0.2) is 10.8 Å². The lowest BCUT2D eigenvalue weighted by Gasteiger charge is -2.03. The molecular weight excluding hydrogens is 168 g/mol. The highest BCUT2D eigenvalue weighted by molar-refractivity contribution is 8.22. The number of hydrogen-bond donors (Lipinski definition) is 0. The van der Waals surface area contributed by atoms with Gasteiger partial charge in [0.25, 0.3) is 0 Å². The highest BCUT2D eigenvalue weighted by Gasteiger charge is 2.09. The summed E-state index contributed by atoms with van der Waals surface area (Å²) in [6.45, 7) is 0. The van der Waals surface area contributed by atoms with E-state index in [0.29, 0.717) is 0 Å². The molecule has 0 aliphatic carbocycles. The number of thioether (sulfide) groups is 3. The fourth-order valence-electron chi connectivity index (χ4n) is 0.622. The fraction of sp³-hybridized carbons (Fsp3) is 0.667. The van der Waals surface area contributed by atoms with Crippen LogP contribution in [0.1, 0.15) is 6.42 Å². The smallest absolute Gasteiger partial charge is 0.0593 e. The minimum atomic E-state index is 0.817. The third-order valence-corrected chi connectivity index (χ3v) is 4.22. The minimum Gasteiger partial charge on any atom is -0.165 e. The van der Waals surface area contributed by atoms with E-state index < -0.39 is 0 Å². The summed E-state index contributed by atoms with van der Waals surface area (Å²) in [5.74, 6) is 1.30. The molecule has 0 amide bonds. The first-order valence-electron chi connectivity index (χ1n) is 2.88. The van der Waals surface area contributed by atoms with Crippen LogP contribution in [-0.4, -0.2) is 16.6 Å². The molecule has 0 N–H and O–H groups in total. The van der Waals surface area contributed by atoms with Gasteiger partial charge in [0.15, 0.2) is 0 Å². The van der Waals surface area contributed by atoms with E-state index in [4.69, 9.17) is 0 Å². The van der Waals surface area contributed by atoms with E-state index in [0.717, 1.165) is 4.58 Å². The van der Waals surface area contributed by atoms with E-state index in [1.807, 2.05) is 35.3 Å². The third-order valence-electron chi connectivity index (χ3n) is 1.07. The maximum absolute atomic E-state index is 2.19. The second kappa shape index (κ2) is 4.58. The Kier molecular flexibility index (Phi) is 4.02. The van der Waals surface area contributed by atoms with Crippen molar-refractivity contribution in [2.24, 2.45) is 0 Å². The predicted octanol–water partition coefficient (Wildman–Crippen LogP) is 3.02. The molecule has 0 aromatic rings. The van der Waals surface area contributed by atoms with Crippen molar-refractivity contribution < 1.29 is 0 Å². The molecule has 0 atom stereocenters. The standard InChI is InChI=1S/C6H10S3/c1-7-3-2-6-8-4-5-9-6/h4-6H,2-3H2,1H3. The first-order chi connectivity index (χ1) is 4.43. The molecule has 1 aliphatic rings. The molecule has 0 aromatic carbocycles. The molecule has 0 unspecified atom stereocenters. The van der Waals surface area contributed by atoms with Crippen LogP contribution in [-0.2, 0) is 0 Å². The van der Waals surface area contributed by atoms with Crippen molar-refractivity contribution in [3.63, 3.8) is 0 Å². The van der Waals surface area contributed by atoms with Crippen LogP contribution in [0.25, 0.3) is 0 Å². The van der Waals surface area contributed by atoms with Crippen LogP contribution in [0, 0.1) is 0 Å². The van der Waals surface area contributed by atoms with Crippen molar-refractivity contribution in [3.8, 4) is 0 Å². The van der Waals surface area contributed by atoms with Crippen molar-refractivity contribution in [3.05, 3.63) is 10.8 Å². The van der Waals surface area contributed by atoms with Crippen LogP contribution in [0.5, 0.6) is 0 Å². The summed E-state index contributed by atoms with van der Waals surface area (Å²) in [5, 5.41) is 4.38. The highest BCUT2D eigenvalue weighted by atomic mass is 32.2. The van der Waals surface area contributed by atoms with Gasteiger partial charge in [0.1, 0.15) is 0 Å². The van der Waals surface area contributed by atoms with Crippen molar-refractivity contribution in [1.82, 2.24) is 0 Å². The Morgan fingerprint density at radius 3 is 2.67 bits per heavy atom. The maximum atomic E-state index is 2.19. The van der Waals surface area contributed by atoms with E-state index in [-0.39, 0.29) is 0 Å². The molecule has 3 heteroatoms. The van der Waals surface area contributed by atoms with Gasteiger partial charge in [-0.1, -0.05) is 0 Å². The second-order valence-corrected chi connectivity index (χ2v) is 5.27. The summed E-state index contributed by atoms with van der Waals surface area (Å²) >= 11 is 5.84. The first-order valence-corrected chi connectivity index (χ1v) is 6.16. The summed E-state index contributed by atoms with van der Waals surface area (Å²) in [6.07, 6.45) is 3.50. The molecule has 1 heterocycles. The zero-order valence-corrected chi connectivity index (χ0v) is 7.82. The Morgan fingerprint density at radius 2 is 2.11 bits per heavy atom. The van der Waals surface area contributed by atoms with Crippen molar-refractivity contribution in [2.45, 2.75) is 11.0 Å². The van der Waals surface area contributed by atoms with E-state index in [1.54, 1.807) is 0 Å². The van der Waals surface area contributed by atoms with Crippen LogP contribution in [0.4, 0.5) is 0 Å². The minimum absolute atomic E-state index is 0.817. The fourth-order valence-corrected chi connectivity index (χ4v) is 3.40. The Labute approximate surface area is 69.2 Å². The SMILES string of the molecule is CSCCC1SC=CS1. The molecule has 1 rings (SSSR count). The lowest BCUT2D eigenvalue weighted by Crippen LogP contribution is -1.92. The molecule has 0 spiro atoms. The van der Waals surface area contributed by atoms with Crippen molar-refractivity contribution in [1.29, 1.82) is 0 Å². The summed E-state index contributed by atoms with van der Waals surface area (Å²) in [6, 6.07) is 0. The average Bonchev–Trinajstić information content (AvgIpc) is 2.34. The summed E-state index contributed by atoms with van der Waals surface area (Å²) in [4.78, 5) is 0. The second-order valence-electron chi connectivity index (χ2n) is 1.76. The molecule has 52 valence electrons. The van der Waals surface area contributed by atoms with Gasteiger partial charge < -0.3 is 0 Å². The van der Waals surface area contributed by atoms with Crippen molar-refractivity contribution in [2.75, 3.05) is 12.0 Å². The molecule has 0 saturated heterocycles.